The largest absolute Gasteiger partial charge is 0.508 e. The van der Waals surface area contributed by atoms with Gasteiger partial charge in [0.25, 0.3) is 0 Å². The fourth-order valence-corrected chi connectivity index (χ4v) is 3.72. The number of phenolic OH excluding ortho intramolecular Hbond substituents is 1. The lowest BCUT2D eigenvalue weighted by molar-refractivity contribution is 0.0788. The van der Waals surface area contributed by atoms with Crippen LogP contribution in [0.3, 0.4) is 0 Å². The minimum atomic E-state index is -0.686. The zero-order valence-corrected chi connectivity index (χ0v) is 14.0. The molecule has 2 atom stereocenters. The molecular weight excluding hydrogens is 272 g/mol. The molecule has 1 fully saturated rings. The lowest BCUT2D eigenvalue weighted by atomic mass is 9.76. The third-order valence-corrected chi connectivity index (χ3v) is 5.42. The van der Waals surface area contributed by atoms with E-state index in [0.29, 0.717) is 11.7 Å². The van der Waals surface area contributed by atoms with Crippen molar-refractivity contribution >= 4 is 0 Å². The minimum Gasteiger partial charge on any atom is -0.508 e. The van der Waals surface area contributed by atoms with Crippen LogP contribution in [0.5, 0.6) is 5.75 Å². The number of hydrogen-bond acceptors (Lipinski definition) is 2. The van der Waals surface area contributed by atoms with Gasteiger partial charge in [0.2, 0.25) is 0 Å². The molecule has 0 bridgehead atoms. The molecule has 1 aromatic carbocycles. The Labute approximate surface area is 133 Å². The Bertz CT molecular complexity index is 594. The molecule has 2 aliphatic carbocycles. The van der Waals surface area contributed by atoms with Crippen LogP contribution >= 0.6 is 0 Å². The van der Waals surface area contributed by atoms with E-state index in [1.54, 1.807) is 0 Å². The highest BCUT2D eigenvalue weighted by atomic mass is 16.3. The molecule has 2 N–H and O–H groups in total. The topological polar surface area (TPSA) is 40.5 Å². The average molecular weight is 300 g/mol. The first-order valence-corrected chi connectivity index (χ1v) is 8.69. The van der Waals surface area contributed by atoms with E-state index in [1.807, 2.05) is 19.9 Å². The molecule has 1 saturated carbocycles. The Hall–Kier alpha value is -1.28. The molecule has 0 heterocycles. The van der Waals surface area contributed by atoms with E-state index < -0.39 is 5.60 Å². The maximum Gasteiger partial charge on any atom is 0.119 e. The van der Waals surface area contributed by atoms with Crippen LogP contribution in [0, 0.1) is 0 Å². The van der Waals surface area contributed by atoms with E-state index in [4.69, 9.17) is 0 Å². The lowest BCUT2D eigenvalue weighted by Gasteiger charge is -2.33. The molecule has 0 aromatic heterocycles. The molecule has 2 nitrogen and oxygen atoms in total. The minimum absolute atomic E-state index is 0.242. The number of rotatable bonds is 4. The summed E-state index contributed by atoms with van der Waals surface area (Å²) in [7, 11) is 0. The van der Waals surface area contributed by atoms with Gasteiger partial charge in [-0.2, -0.15) is 0 Å². The number of benzene rings is 1. The molecule has 2 unspecified atom stereocenters. The van der Waals surface area contributed by atoms with Gasteiger partial charge < -0.3 is 10.2 Å². The average Bonchev–Trinajstić information content (AvgIpc) is 3.26. The van der Waals surface area contributed by atoms with Gasteiger partial charge in [0, 0.05) is 11.5 Å². The Balaban J connectivity index is 2.01. The van der Waals surface area contributed by atoms with Crippen LogP contribution in [0.25, 0.3) is 0 Å². The number of allylic oxidation sites excluding steroid dienone is 1. The summed E-state index contributed by atoms with van der Waals surface area (Å²) in [5.74, 6) is 1.34. The smallest absolute Gasteiger partial charge is 0.119 e. The van der Waals surface area contributed by atoms with Gasteiger partial charge in [-0.05, 0) is 74.6 Å². The summed E-state index contributed by atoms with van der Waals surface area (Å²) in [6, 6.07) is 4.28. The fraction of sp³-hybridized carbons (Fsp3) is 0.600. The number of aryl methyl sites for hydroxylation is 1. The predicted molar refractivity (Wildman–Crippen MR) is 90.4 cm³/mol. The molecular formula is C20H28O2. The van der Waals surface area contributed by atoms with E-state index in [9.17, 15) is 10.2 Å². The van der Waals surface area contributed by atoms with E-state index in [-0.39, 0.29) is 5.92 Å². The van der Waals surface area contributed by atoms with E-state index >= 15 is 0 Å². The molecule has 2 aliphatic rings. The molecule has 3 rings (SSSR count). The Kier molecular flexibility index (Phi) is 4.07. The van der Waals surface area contributed by atoms with Gasteiger partial charge in [0.1, 0.15) is 5.75 Å². The Morgan fingerprint density at radius 2 is 1.95 bits per heavy atom. The van der Waals surface area contributed by atoms with Crippen LogP contribution in [-0.2, 0) is 6.42 Å². The number of hydrogen-bond donors (Lipinski definition) is 2. The first-order valence-electron chi connectivity index (χ1n) is 8.69. The Morgan fingerprint density at radius 3 is 2.55 bits per heavy atom. The van der Waals surface area contributed by atoms with Gasteiger partial charge in [-0.15, -0.1) is 0 Å². The summed E-state index contributed by atoms with van der Waals surface area (Å²) in [6.45, 7) is 6.07. The fourth-order valence-electron chi connectivity index (χ4n) is 3.72. The second kappa shape index (κ2) is 5.73. The highest BCUT2D eigenvalue weighted by Crippen LogP contribution is 2.49. The molecule has 2 heteroatoms. The van der Waals surface area contributed by atoms with Crippen molar-refractivity contribution in [3.8, 4) is 5.75 Å². The number of aromatic hydroxyl groups is 1. The standard InChI is InChI=1S/C20H28O2/c1-4-5-14-11-17(15-6-7-15)19(18(21)12-14)16-8-9-20(3,22)13(2)10-16/h10-12,15-16,21-22H,4-9H2,1-3H3. The van der Waals surface area contributed by atoms with E-state index in [0.717, 1.165) is 36.8 Å². The molecule has 0 saturated heterocycles. The van der Waals surface area contributed by atoms with Gasteiger partial charge in [0.05, 0.1) is 5.60 Å². The monoisotopic (exact) mass is 300 g/mol. The van der Waals surface area contributed by atoms with Crippen molar-refractivity contribution in [2.45, 2.75) is 76.7 Å². The van der Waals surface area contributed by atoms with Gasteiger partial charge in [-0.25, -0.2) is 0 Å². The summed E-state index contributed by atoms with van der Waals surface area (Å²) in [4.78, 5) is 0. The summed E-state index contributed by atoms with van der Waals surface area (Å²) >= 11 is 0. The maximum atomic E-state index is 10.7. The molecule has 120 valence electrons. The van der Waals surface area contributed by atoms with Gasteiger partial charge in [-0.3, -0.25) is 0 Å². The molecule has 0 amide bonds. The van der Waals surface area contributed by atoms with Gasteiger partial charge in [0.15, 0.2) is 0 Å². The van der Waals surface area contributed by atoms with Crippen LogP contribution < -0.4 is 0 Å². The highest BCUT2D eigenvalue weighted by Gasteiger charge is 2.34. The molecule has 0 aliphatic heterocycles. The molecule has 22 heavy (non-hydrogen) atoms. The van der Waals surface area contributed by atoms with Crippen LogP contribution in [0.15, 0.2) is 23.8 Å². The third kappa shape index (κ3) is 2.94. The number of phenols is 1. The van der Waals surface area contributed by atoms with Crippen LogP contribution in [0.4, 0.5) is 0 Å². The van der Waals surface area contributed by atoms with Gasteiger partial charge >= 0.3 is 0 Å². The lowest BCUT2D eigenvalue weighted by Crippen LogP contribution is -2.30. The van der Waals surface area contributed by atoms with E-state index in [2.05, 4.69) is 19.1 Å². The highest BCUT2D eigenvalue weighted by molar-refractivity contribution is 5.50. The molecule has 1 aromatic rings. The van der Waals surface area contributed by atoms with Crippen LogP contribution in [-0.4, -0.2) is 15.8 Å². The van der Waals surface area contributed by atoms with Crippen molar-refractivity contribution < 1.29 is 10.2 Å². The normalized spacial score (nSPS) is 28.5. The first kappa shape index (κ1) is 15.6. The van der Waals surface area contributed by atoms with Crippen molar-refractivity contribution in [2.75, 3.05) is 0 Å². The zero-order valence-electron chi connectivity index (χ0n) is 14.0. The SMILES string of the molecule is CCCc1cc(O)c(C2C=C(C)C(C)(O)CC2)c(C2CC2)c1. The summed E-state index contributed by atoms with van der Waals surface area (Å²) in [5.41, 5.74) is 4.08. The van der Waals surface area contributed by atoms with Crippen LogP contribution in [0.2, 0.25) is 0 Å². The number of aliphatic hydroxyl groups is 1. The zero-order chi connectivity index (χ0) is 15.9. The van der Waals surface area contributed by atoms with Crippen molar-refractivity contribution in [1.29, 1.82) is 0 Å². The van der Waals surface area contributed by atoms with Crippen molar-refractivity contribution in [2.24, 2.45) is 0 Å². The predicted octanol–water partition coefficient (Wildman–Crippen LogP) is 4.80. The van der Waals surface area contributed by atoms with Crippen LogP contribution in [0.1, 0.15) is 81.4 Å². The van der Waals surface area contributed by atoms with Crippen molar-refractivity contribution in [3.63, 3.8) is 0 Å². The summed E-state index contributed by atoms with van der Waals surface area (Å²) < 4.78 is 0. The third-order valence-electron chi connectivity index (χ3n) is 5.42. The van der Waals surface area contributed by atoms with Crippen molar-refractivity contribution in [1.82, 2.24) is 0 Å². The van der Waals surface area contributed by atoms with Gasteiger partial charge in [-0.1, -0.05) is 25.5 Å². The summed E-state index contributed by atoms with van der Waals surface area (Å²) in [6.07, 6.45) is 8.47. The van der Waals surface area contributed by atoms with E-state index in [1.165, 1.54) is 24.0 Å². The second-order valence-electron chi connectivity index (χ2n) is 7.41. The molecule has 0 spiro atoms. The quantitative estimate of drug-likeness (QED) is 0.784. The Morgan fingerprint density at radius 1 is 1.23 bits per heavy atom. The molecule has 0 radical (unpaired) electrons. The van der Waals surface area contributed by atoms with Crippen molar-refractivity contribution in [3.05, 3.63) is 40.5 Å². The second-order valence-corrected chi connectivity index (χ2v) is 7.41. The maximum absolute atomic E-state index is 10.7. The first-order chi connectivity index (χ1) is 10.4. The summed E-state index contributed by atoms with van der Waals surface area (Å²) in [5, 5.41) is 21.0.